The zero-order chi connectivity index (χ0) is 11.8. The van der Waals surface area contributed by atoms with Gasteiger partial charge in [0.25, 0.3) is 0 Å². The SMILES string of the molecule is CC.CC(=O)Cc1cccc(C(C)C)c1. The first-order valence-corrected chi connectivity index (χ1v) is 5.68. The van der Waals surface area contributed by atoms with Gasteiger partial charge < -0.3 is 0 Å². The van der Waals surface area contributed by atoms with Gasteiger partial charge in [-0.3, -0.25) is 4.79 Å². The van der Waals surface area contributed by atoms with E-state index in [4.69, 9.17) is 0 Å². The molecule has 1 aromatic rings. The second-order valence-corrected chi connectivity index (χ2v) is 3.78. The molecule has 1 rings (SSSR count). The second-order valence-electron chi connectivity index (χ2n) is 3.78. The highest BCUT2D eigenvalue weighted by molar-refractivity contribution is 5.78. The average molecular weight is 206 g/mol. The van der Waals surface area contributed by atoms with E-state index in [1.54, 1.807) is 6.92 Å². The van der Waals surface area contributed by atoms with Crippen LogP contribution in [0.1, 0.15) is 51.7 Å². The van der Waals surface area contributed by atoms with Crippen molar-refractivity contribution >= 4 is 5.78 Å². The summed E-state index contributed by atoms with van der Waals surface area (Å²) >= 11 is 0. The van der Waals surface area contributed by atoms with Gasteiger partial charge in [-0.1, -0.05) is 52.0 Å². The molecule has 1 heteroatoms. The minimum absolute atomic E-state index is 0.223. The topological polar surface area (TPSA) is 17.1 Å². The summed E-state index contributed by atoms with van der Waals surface area (Å²) in [5.41, 5.74) is 2.43. The molecule has 84 valence electrons. The van der Waals surface area contributed by atoms with Crippen LogP contribution in [0.15, 0.2) is 24.3 Å². The molecule has 0 N–H and O–H groups in total. The maximum absolute atomic E-state index is 10.9. The van der Waals surface area contributed by atoms with Crippen molar-refractivity contribution in [3.63, 3.8) is 0 Å². The minimum atomic E-state index is 0.223. The van der Waals surface area contributed by atoms with E-state index in [-0.39, 0.29) is 5.78 Å². The summed E-state index contributed by atoms with van der Waals surface area (Å²) in [5.74, 6) is 0.757. The zero-order valence-electron chi connectivity index (χ0n) is 10.5. The molecule has 0 aromatic heterocycles. The summed E-state index contributed by atoms with van der Waals surface area (Å²) in [7, 11) is 0. The van der Waals surface area contributed by atoms with E-state index in [1.807, 2.05) is 26.0 Å². The summed E-state index contributed by atoms with van der Waals surface area (Å²) in [4.78, 5) is 10.9. The van der Waals surface area contributed by atoms with E-state index >= 15 is 0 Å². The Morgan fingerprint density at radius 3 is 2.33 bits per heavy atom. The first-order chi connectivity index (χ1) is 7.09. The molecule has 0 unspecified atom stereocenters. The van der Waals surface area contributed by atoms with E-state index in [1.165, 1.54) is 5.56 Å². The summed E-state index contributed by atoms with van der Waals surface area (Å²) in [5, 5.41) is 0. The molecule has 0 amide bonds. The number of carbonyl (C=O) groups is 1. The molecule has 0 aliphatic heterocycles. The molecule has 0 heterocycles. The fourth-order valence-electron chi connectivity index (χ4n) is 1.35. The number of benzene rings is 1. The van der Waals surface area contributed by atoms with E-state index in [0.29, 0.717) is 12.3 Å². The number of Topliss-reactive ketones (excluding diaryl/α,β-unsaturated/α-hetero) is 1. The van der Waals surface area contributed by atoms with Crippen molar-refractivity contribution in [2.24, 2.45) is 0 Å². The van der Waals surface area contributed by atoms with Gasteiger partial charge in [0.2, 0.25) is 0 Å². The minimum Gasteiger partial charge on any atom is -0.300 e. The molecule has 0 radical (unpaired) electrons. The summed E-state index contributed by atoms with van der Waals surface area (Å²) in [6.07, 6.45) is 0.556. The molecule has 0 fully saturated rings. The third kappa shape index (κ3) is 5.36. The van der Waals surface area contributed by atoms with Crippen LogP contribution in [0.2, 0.25) is 0 Å². The lowest BCUT2D eigenvalue weighted by molar-refractivity contribution is -0.116. The van der Waals surface area contributed by atoms with Gasteiger partial charge in [-0.25, -0.2) is 0 Å². The van der Waals surface area contributed by atoms with Crippen LogP contribution in [0.3, 0.4) is 0 Å². The Balaban J connectivity index is 0.000000921. The third-order valence-corrected chi connectivity index (χ3v) is 2.07. The van der Waals surface area contributed by atoms with Crippen molar-refractivity contribution in [3.8, 4) is 0 Å². The van der Waals surface area contributed by atoms with Crippen LogP contribution in [0.25, 0.3) is 0 Å². The molecule has 0 aliphatic carbocycles. The van der Waals surface area contributed by atoms with Crippen molar-refractivity contribution in [2.75, 3.05) is 0 Å². The Kier molecular flexibility index (Phi) is 6.68. The van der Waals surface area contributed by atoms with Crippen LogP contribution in [0.4, 0.5) is 0 Å². The molecule has 0 aliphatic rings. The Bertz CT molecular complexity index is 300. The molecule has 1 nitrogen and oxygen atoms in total. The molecular weight excluding hydrogens is 184 g/mol. The highest BCUT2D eigenvalue weighted by Crippen LogP contribution is 2.15. The van der Waals surface area contributed by atoms with Crippen molar-refractivity contribution < 1.29 is 4.79 Å². The molecule has 0 atom stereocenters. The molecule has 0 spiro atoms. The molecule has 15 heavy (non-hydrogen) atoms. The number of hydrogen-bond donors (Lipinski definition) is 0. The van der Waals surface area contributed by atoms with E-state index < -0.39 is 0 Å². The third-order valence-electron chi connectivity index (χ3n) is 2.07. The van der Waals surface area contributed by atoms with Crippen LogP contribution in [0, 0.1) is 0 Å². The van der Waals surface area contributed by atoms with Crippen LogP contribution >= 0.6 is 0 Å². The van der Waals surface area contributed by atoms with Crippen molar-refractivity contribution in [1.82, 2.24) is 0 Å². The maximum atomic E-state index is 10.9. The number of ketones is 1. The lowest BCUT2D eigenvalue weighted by atomic mass is 9.99. The second kappa shape index (κ2) is 7.22. The maximum Gasteiger partial charge on any atom is 0.134 e. The van der Waals surface area contributed by atoms with Gasteiger partial charge in [-0.15, -0.1) is 0 Å². The Labute approximate surface area is 93.5 Å². The largest absolute Gasteiger partial charge is 0.300 e. The fraction of sp³-hybridized carbons (Fsp3) is 0.500. The van der Waals surface area contributed by atoms with Crippen LogP contribution in [0.5, 0.6) is 0 Å². The number of carbonyl (C=O) groups excluding carboxylic acids is 1. The highest BCUT2D eigenvalue weighted by atomic mass is 16.1. The molecule has 0 saturated heterocycles. The summed E-state index contributed by atoms with van der Waals surface area (Å²) < 4.78 is 0. The first-order valence-electron chi connectivity index (χ1n) is 5.68. The highest BCUT2D eigenvalue weighted by Gasteiger charge is 2.01. The van der Waals surface area contributed by atoms with Crippen molar-refractivity contribution in [2.45, 2.75) is 47.0 Å². The summed E-state index contributed by atoms with van der Waals surface area (Å²) in [6.45, 7) is 9.95. The van der Waals surface area contributed by atoms with Gasteiger partial charge in [0.1, 0.15) is 5.78 Å². The number of rotatable bonds is 3. The lowest BCUT2D eigenvalue weighted by Crippen LogP contribution is -1.97. The van der Waals surface area contributed by atoms with Gasteiger partial charge in [0.05, 0.1) is 0 Å². The quantitative estimate of drug-likeness (QED) is 0.731. The molecule has 0 saturated carbocycles. The van der Waals surface area contributed by atoms with Crippen molar-refractivity contribution in [1.29, 1.82) is 0 Å². The normalized spacial score (nSPS) is 9.47. The monoisotopic (exact) mass is 206 g/mol. The van der Waals surface area contributed by atoms with Gasteiger partial charge in [0, 0.05) is 6.42 Å². The zero-order valence-corrected chi connectivity index (χ0v) is 10.5. The fourth-order valence-corrected chi connectivity index (χ4v) is 1.35. The first kappa shape index (κ1) is 13.9. The molecular formula is C14H22O. The van der Waals surface area contributed by atoms with Crippen LogP contribution < -0.4 is 0 Å². The average Bonchev–Trinajstić information content (AvgIpc) is 2.20. The smallest absolute Gasteiger partial charge is 0.134 e. The van der Waals surface area contributed by atoms with Gasteiger partial charge >= 0.3 is 0 Å². The van der Waals surface area contributed by atoms with Gasteiger partial charge in [-0.2, -0.15) is 0 Å². The standard InChI is InChI=1S/C12H16O.C2H6/c1-9(2)12-6-4-5-11(8-12)7-10(3)13;1-2/h4-6,8-9H,7H2,1-3H3;1-2H3. The van der Waals surface area contributed by atoms with Crippen molar-refractivity contribution in [3.05, 3.63) is 35.4 Å². The Morgan fingerprint density at radius 1 is 1.27 bits per heavy atom. The van der Waals surface area contributed by atoms with Crippen LogP contribution in [-0.2, 0) is 11.2 Å². The molecule has 0 bridgehead atoms. The van der Waals surface area contributed by atoms with E-state index in [0.717, 1.165) is 5.56 Å². The Morgan fingerprint density at radius 2 is 1.87 bits per heavy atom. The molecule has 1 aromatic carbocycles. The summed E-state index contributed by atoms with van der Waals surface area (Å²) in [6, 6.07) is 8.25. The predicted octanol–water partition coefficient (Wildman–Crippen LogP) is 3.97. The van der Waals surface area contributed by atoms with Gasteiger partial charge in [0.15, 0.2) is 0 Å². The van der Waals surface area contributed by atoms with E-state index in [2.05, 4.69) is 26.0 Å². The Hall–Kier alpha value is -1.11. The number of hydrogen-bond acceptors (Lipinski definition) is 1. The van der Waals surface area contributed by atoms with Crippen LogP contribution in [-0.4, -0.2) is 5.78 Å². The van der Waals surface area contributed by atoms with E-state index in [9.17, 15) is 4.79 Å². The van der Waals surface area contributed by atoms with Gasteiger partial charge in [-0.05, 0) is 24.0 Å². The lowest BCUT2D eigenvalue weighted by Gasteiger charge is -2.06. The predicted molar refractivity (Wildman–Crippen MR) is 66.3 cm³/mol.